The van der Waals surface area contributed by atoms with Crippen molar-refractivity contribution in [3.8, 4) is 0 Å². The first-order valence-corrected chi connectivity index (χ1v) is 7.30. The van der Waals surface area contributed by atoms with E-state index in [2.05, 4.69) is 15.3 Å². The summed E-state index contributed by atoms with van der Waals surface area (Å²) in [5.41, 5.74) is -1.64. The number of carbonyl (C=O) groups excluding carboxylic acids is 1. The molecule has 0 radical (unpaired) electrons. The lowest BCUT2D eigenvalue weighted by Gasteiger charge is -2.44. The molecule has 0 amide bonds. The largest absolute Gasteiger partial charge is 0.545 e. The van der Waals surface area contributed by atoms with Crippen molar-refractivity contribution in [1.82, 2.24) is 9.97 Å². The van der Waals surface area contributed by atoms with Crippen LogP contribution in [0.25, 0.3) is 0 Å². The van der Waals surface area contributed by atoms with Gasteiger partial charge in [-0.2, -0.15) is 13.2 Å². The molecule has 1 fully saturated rings. The van der Waals surface area contributed by atoms with Gasteiger partial charge in [-0.05, 0) is 30.9 Å². The number of nitrogens with one attached hydrogen (secondary N) is 1. The number of rotatable bonds is 4. The molecule has 3 rings (SSSR count). The normalized spacial score (nSPS) is 16.3. The van der Waals surface area contributed by atoms with Crippen LogP contribution in [0.4, 0.5) is 19.1 Å². The highest BCUT2D eigenvalue weighted by molar-refractivity contribution is 5.84. The molecule has 1 aliphatic carbocycles. The van der Waals surface area contributed by atoms with Gasteiger partial charge in [-0.25, -0.2) is 9.97 Å². The van der Waals surface area contributed by atoms with E-state index in [-0.39, 0.29) is 17.1 Å². The summed E-state index contributed by atoms with van der Waals surface area (Å²) in [4.78, 5) is 18.4. The number of carboxylic acid groups (broad SMARTS) is 1. The minimum atomic E-state index is -4.46. The second-order valence-electron chi connectivity index (χ2n) is 5.69. The fourth-order valence-electron chi connectivity index (χ4n) is 2.85. The first kappa shape index (κ1) is 16.2. The third kappa shape index (κ3) is 2.91. The Balaban J connectivity index is 1.95. The Morgan fingerprint density at radius 3 is 2.29 bits per heavy atom. The van der Waals surface area contributed by atoms with Gasteiger partial charge in [0.1, 0.15) is 0 Å². The number of carboxylic acids is 1. The van der Waals surface area contributed by atoms with Gasteiger partial charge in [0, 0.05) is 18.0 Å². The lowest BCUT2D eigenvalue weighted by Crippen LogP contribution is -2.44. The number of halogens is 3. The average Bonchev–Trinajstić information content (AvgIpc) is 2.50. The molecular formula is C16H13F3N3O2-. The Hall–Kier alpha value is -2.64. The van der Waals surface area contributed by atoms with Crippen molar-refractivity contribution >= 4 is 11.9 Å². The van der Waals surface area contributed by atoms with Gasteiger partial charge in [-0.3, -0.25) is 0 Å². The standard InChI is InChI=1S/C16H14F3N3O2/c17-16(18,19)12-5-2-1-4-11(12)15(6-3-7-15)22-14-20-8-10(9-21-14)13(23)24/h1-2,4-5,8-9H,3,6-7H2,(H,23,24)(H,20,21,22)/p-1. The van der Waals surface area contributed by atoms with Crippen molar-refractivity contribution in [2.24, 2.45) is 0 Å². The predicted octanol–water partition coefficient (Wildman–Crippen LogP) is 2.35. The van der Waals surface area contributed by atoms with Gasteiger partial charge < -0.3 is 15.2 Å². The number of aromatic carboxylic acids is 1. The highest BCUT2D eigenvalue weighted by atomic mass is 19.4. The Morgan fingerprint density at radius 2 is 1.79 bits per heavy atom. The van der Waals surface area contributed by atoms with Gasteiger partial charge in [-0.15, -0.1) is 0 Å². The first-order valence-electron chi connectivity index (χ1n) is 7.30. The van der Waals surface area contributed by atoms with Gasteiger partial charge in [0.2, 0.25) is 5.95 Å². The van der Waals surface area contributed by atoms with Crippen LogP contribution in [0, 0.1) is 0 Å². The number of alkyl halides is 3. The van der Waals surface area contributed by atoms with Crippen molar-refractivity contribution < 1.29 is 23.1 Å². The molecule has 2 aromatic rings. The molecule has 0 atom stereocenters. The smallest absolute Gasteiger partial charge is 0.416 e. The Kier molecular flexibility index (Phi) is 3.90. The van der Waals surface area contributed by atoms with Crippen LogP contribution in [0.2, 0.25) is 0 Å². The summed E-state index contributed by atoms with van der Waals surface area (Å²) in [5.74, 6) is -1.33. The summed E-state index contributed by atoms with van der Waals surface area (Å²) in [6.45, 7) is 0. The van der Waals surface area contributed by atoms with E-state index in [0.717, 1.165) is 24.9 Å². The summed E-state index contributed by atoms with van der Waals surface area (Å²) in [7, 11) is 0. The highest BCUT2D eigenvalue weighted by Gasteiger charge is 2.45. The van der Waals surface area contributed by atoms with Crippen molar-refractivity contribution in [3.63, 3.8) is 0 Å². The average molecular weight is 336 g/mol. The van der Waals surface area contributed by atoms with Crippen LogP contribution in [0.1, 0.15) is 40.7 Å². The Bertz CT molecular complexity index is 756. The number of carbonyl (C=O) groups is 1. The van der Waals surface area contributed by atoms with Crippen LogP contribution in [0.3, 0.4) is 0 Å². The number of benzene rings is 1. The summed E-state index contributed by atoms with van der Waals surface area (Å²) in [6.07, 6.45) is -0.548. The second kappa shape index (κ2) is 5.77. The third-order valence-electron chi connectivity index (χ3n) is 4.19. The molecule has 1 aromatic heterocycles. The molecule has 0 aliphatic heterocycles. The van der Waals surface area contributed by atoms with Gasteiger partial charge >= 0.3 is 6.18 Å². The molecule has 0 saturated heterocycles. The molecule has 8 heteroatoms. The molecule has 1 N–H and O–H groups in total. The molecule has 1 heterocycles. The van der Waals surface area contributed by atoms with Crippen LogP contribution in [0.5, 0.6) is 0 Å². The number of aromatic nitrogens is 2. The zero-order chi connectivity index (χ0) is 17.4. The molecule has 1 saturated carbocycles. The monoisotopic (exact) mass is 336 g/mol. The molecule has 0 bridgehead atoms. The van der Waals surface area contributed by atoms with Crippen LogP contribution < -0.4 is 10.4 Å². The van der Waals surface area contributed by atoms with E-state index >= 15 is 0 Å². The van der Waals surface area contributed by atoms with Gasteiger partial charge in [0.25, 0.3) is 0 Å². The zero-order valence-corrected chi connectivity index (χ0v) is 12.4. The van der Waals surface area contributed by atoms with E-state index in [4.69, 9.17) is 0 Å². The van der Waals surface area contributed by atoms with Crippen LogP contribution in [-0.4, -0.2) is 15.9 Å². The maximum Gasteiger partial charge on any atom is 0.416 e. The molecular weight excluding hydrogens is 323 g/mol. The molecule has 126 valence electrons. The molecule has 1 aliphatic rings. The zero-order valence-electron chi connectivity index (χ0n) is 12.4. The van der Waals surface area contributed by atoms with E-state index in [1.807, 2.05) is 0 Å². The first-order chi connectivity index (χ1) is 11.3. The van der Waals surface area contributed by atoms with E-state index in [0.29, 0.717) is 12.8 Å². The van der Waals surface area contributed by atoms with Crippen LogP contribution in [0.15, 0.2) is 36.7 Å². The van der Waals surface area contributed by atoms with Crippen molar-refractivity contribution in [1.29, 1.82) is 0 Å². The fraction of sp³-hybridized carbons (Fsp3) is 0.312. The lowest BCUT2D eigenvalue weighted by atomic mass is 9.70. The second-order valence-corrected chi connectivity index (χ2v) is 5.69. The molecule has 1 aromatic carbocycles. The minimum absolute atomic E-state index is 0.0803. The molecule has 0 unspecified atom stereocenters. The van der Waals surface area contributed by atoms with E-state index < -0.39 is 23.2 Å². The van der Waals surface area contributed by atoms with Crippen molar-refractivity contribution in [2.45, 2.75) is 31.0 Å². The Labute approximate surface area is 135 Å². The molecule has 5 nitrogen and oxygen atoms in total. The molecule has 0 spiro atoms. The SMILES string of the molecule is O=C([O-])c1cnc(NC2(c3ccccc3C(F)(F)F)CCC2)nc1. The van der Waals surface area contributed by atoms with Gasteiger partial charge in [0.15, 0.2) is 0 Å². The topological polar surface area (TPSA) is 77.9 Å². The van der Waals surface area contributed by atoms with Gasteiger partial charge in [-0.1, -0.05) is 18.2 Å². The minimum Gasteiger partial charge on any atom is -0.545 e. The number of anilines is 1. The lowest BCUT2D eigenvalue weighted by molar-refractivity contribution is -0.255. The van der Waals surface area contributed by atoms with Crippen LogP contribution >= 0.6 is 0 Å². The predicted molar refractivity (Wildman–Crippen MR) is 77.0 cm³/mol. The van der Waals surface area contributed by atoms with E-state index in [1.54, 1.807) is 6.07 Å². The highest BCUT2D eigenvalue weighted by Crippen LogP contribution is 2.47. The number of hydrogen-bond donors (Lipinski definition) is 1. The van der Waals surface area contributed by atoms with Crippen molar-refractivity contribution in [3.05, 3.63) is 53.3 Å². The van der Waals surface area contributed by atoms with E-state index in [9.17, 15) is 23.1 Å². The fourth-order valence-corrected chi connectivity index (χ4v) is 2.85. The molecule has 24 heavy (non-hydrogen) atoms. The van der Waals surface area contributed by atoms with Crippen LogP contribution in [-0.2, 0) is 11.7 Å². The van der Waals surface area contributed by atoms with Crippen molar-refractivity contribution in [2.75, 3.05) is 5.32 Å². The third-order valence-corrected chi connectivity index (χ3v) is 4.19. The quantitative estimate of drug-likeness (QED) is 0.927. The number of hydrogen-bond acceptors (Lipinski definition) is 5. The Morgan fingerprint density at radius 1 is 1.17 bits per heavy atom. The maximum absolute atomic E-state index is 13.3. The van der Waals surface area contributed by atoms with Gasteiger partial charge in [0.05, 0.1) is 17.1 Å². The van der Waals surface area contributed by atoms with E-state index in [1.165, 1.54) is 12.1 Å². The summed E-state index contributed by atoms with van der Waals surface area (Å²) >= 11 is 0. The summed E-state index contributed by atoms with van der Waals surface area (Å²) < 4.78 is 39.9. The summed E-state index contributed by atoms with van der Waals surface area (Å²) in [6, 6.07) is 5.41. The maximum atomic E-state index is 13.3. The summed E-state index contributed by atoms with van der Waals surface area (Å²) in [5, 5.41) is 13.7. The number of nitrogens with zero attached hydrogens (tertiary/aromatic N) is 2.